The molecular formula is C12H14N2O4S. The number of hydrogen-bond acceptors (Lipinski definition) is 4. The zero-order chi connectivity index (χ0) is 14.0. The van der Waals surface area contributed by atoms with Crippen LogP contribution in [0.15, 0.2) is 45.0 Å². The lowest BCUT2D eigenvalue weighted by atomic mass is 10.3. The Bertz CT molecular complexity index is 757. The highest BCUT2D eigenvalue weighted by atomic mass is 32.2. The van der Waals surface area contributed by atoms with Crippen molar-refractivity contribution in [1.29, 1.82) is 0 Å². The van der Waals surface area contributed by atoms with Gasteiger partial charge in [-0.15, -0.1) is 6.58 Å². The van der Waals surface area contributed by atoms with Crippen LogP contribution in [0.5, 0.6) is 0 Å². The van der Waals surface area contributed by atoms with E-state index in [0.717, 1.165) is 0 Å². The molecule has 0 aliphatic rings. The number of hydrogen-bond donors (Lipinski definition) is 1. The summed E-state index contributed by atoms with van der Waals surface area (Å²) < 4.78 is 30.9. The number of aromatic nitrogens is 1. The van der Waals surface area contributed by atoms with Gasteiger partial charge in [0.05, 0.1) is 10.4 Å². The minimum atomic E-state index is -3.61. The molecule has 19 heavy (non-hydrogen) atoms. The van der Waals surface area contributed by atoms with Crippen LogP contribution >= 0.6 is 0 Å². The van der Waals surface area contributed by atoms with Crippen molar-refractivity contribution in [3.63, 3.8) is 0 Å². The van der Waals surface area contributed by atoms with E-state index in [1.54, 1.807) is 6.92 Å². The van der Waals surface area contributed by atoms with E-state index in [0.29, 0.717) is 12.1 Å². The fourth-order valence-electron chi connectivity index (χ4n) is 1.78. The Kier molecular flexibility index (Phi) is 3.59. The molecule has 0 aliphatic heterocycles. The van der Waals surface area contributed by atoms with E-state index >= 15 is 0 Å². The quantitative estimate of drug-likeness (QED) is 0.838. The van der Waals surface area contributed by atoms with E-state index in [9.17, 15) is 13.2 Å². The first kappa shape index (κ1) is 13.6. The number of H-pyrrole nitrogens is 1. The monoisotopic (exact) mass is 282 g/mol. The molecular weight excluding hydrogens is 268 g/mol. The second-order valence-electron chi connectivity index (χ2n) is 3.92. The lowest BCUT2D eigenvalue weighted by Crippen LogP contribution is -2.30. The summed E-state index contributed by atoms with van der Waals surface area (Å²) in [7, 11) is -3.61. The second kappa shape index (κ2) is 5.02. The first-order chi connectivity index (χ1) is 8.98. The zero-order valence-electron chi connectivity index (χ0n) is 10.4. The molecule has 1 aromatic carbocycles. The van der Waals surface area contributed by atoms with E-state index in [4.69, 9.17) is 4.42 Å². The molecule has 7 heteroatoms. The summed E-state index contributed by atoms with van der Waals surface area (Å²) in [5.41, 5.74) is 0.691. The van der Waals surface area contributed by atoms with Gasteiger partial charge in [-0.2, -0.15) is 4.31 Å². The van der Waals surface area contributed by atoms with Gasteiger partial charge >= 0.3 is 5.76 Å². The highest BCUT2D eigenvalue weighted by molar-refractivity contribution is 7.89. The van der Waals surface area contributed by atoms with Gasteiger partial charge in [0.1, 0.15) is 0 Å². The summed E-state index contributed by atoms with van der Waals surface area (Å²) in [6.45, 7) is 5.85. The third-order valence-electron chi connectivity index (χ3n) is 2.72. The van der Waals surface area contributed by atoms with E-state index in [1.807, 2.05) is 0 Å². The molecule has 0 spiro atoms. The first-order valence-corrected chi connectivity index (χ1v) is 7.17. The Morgan fingerprint density at radius 3 is 2.84 bits per heavy atom. The molecule has 0 saturated heterocycles. The molecule has 0 amide bonds. The fraction of sp³-hybridized carbons (Fsp3) is 0.250. The number of fused-ring (bicyclic) bond motifs is 1. The zero-order valence-corrected chi connectivity index (χ0v) is 11.2. The number of benzene rings is 1. The summed E-state index contributed by atoms with van der Waals surface area (Å²) in [5.74, 6) is -0.608. The molecule has 0 radical (unpaired) electrons. The van der Waals surface area contributed by atoms with Gasteiger partial charge < -0.3 is 4.42 Å². The van der Waals surface area contributed by atoms with Crippen LogP contribution in [0.1, 0.15) is 6.92 Å². The van der Waals surface area contributed by atoms with E-state index in [-0.39, 0.29) is 17.0 Å². The van der Waals surface area contributed by atoms with Crippen LogP contribution in [0.25, 0.3) is 11.1 Å². The largest absolute Gasteiger partial charge is 0.417 e. The summed E-state index contributed by atoms with van der Waals surface area (Å²) in [4.78, 5) is 13.6. The molecule has 0 aliphatic carbocycles. The van der Waals surface area contributed by atoms with Gasteiger partial charge in [0.2, 0.25) is 10.0 Å². The summed E-state index contributed by atoms with van der Waals surface area (Å²) in [6.07, 6.45) is 1.52. The average Bonchev–Trinajstić information content (AvgIpc) is 2.74. The second-order valence-corrected chi connectivity index (χ2v) is 5.85. The lowest BCUT2D eigenvalue weighted by molar-refractivity contribution is 0.459. The van der Waals surface area contributed by atoms with Gasteiger partial charge in [-0.1, -0.05) is 13.0 Å². The number of rotatable bonds is 5. The average molecular weight is 282 g/mol. The van der Waals surface area contributed by atoms with Crippen LogP contribution in [0.3, 0.4) is 0 Å². The molecule has 1 heterocycles. The van der Waals surface area contributed by atoms with Gasteiger partial charge in [-0.05, 0) is 12.1 Å². The van der Waals surface area contributed by atoms with Crippen molar-refractivity contribution in [3.8, 4) is 0 Å². The first-order valence-electron chi connectivity index (χ1n) is 5.73. The van der Waals surface area contributed by atoms with Crippen molar-refractivity contribution in [2.45, 2.75) is 11.8 Å². The van der Waals surface area contributed by atoms with Crippen molar-refractivity contribution in [2.24, 2.45) is 0 Å². The smallest absolute Gasteiger partial charge is 0.408 e. The van der Waals surface area contributed by atoms with Crippen molar-refractivity contribution >= 4 is 21.1 Å². The summed E-state index contributed by atoms with van der Waals surface area (Å²) in [5, 5.41) is 0. The van der Waals surface area contributed by atoms with Gasteiger partial charge in [-0.3, -0.25) is 4.98 Å². The van der Waals surface area contributed by atoms with Crippen LogP contribution in [0.2, 0.25) is 0 Å². The molecule has 0 saturated carbocycles. The molecule has 1 aromatic heterocycles. The van der Waals surface area contributed by atoms with Crippen LogP contribution < -0.4 is 5.76 Å². The molecule has 102 valence electrons. The molecule has 6 nitrogen and oxygen atoms in total. The van der Waals surface area contributed by atoms with Gasteiger partial charge in [0, 0.05) is 19.2 Å². The van der Waals surface area contributed by atoms with Gasteiger partial charge in [0.15, 0.2) is 5.58 Å². The van der Waals surface area contributed by atoms with E-state index < -0.39 is 15.8 Å². The van der Waals surface area contributed by atoms with Crippen LogP contribution in [0, 0.1) is 0 Å². The van der Waals surface area contributed by atoms with Crippen LogP contribution in [-0.2, 0) is 10.0 Å². The van der Waals surface area contributed by atoms with Crippen LogP contribution in [0.4, 0.5) is 0 Å². The number of aromatic amines is 1. The van der Waals surface area contributed by atoms with Crippen LogP contribution in [-0.4, -0.2) is 30.8 Å². The molecule has 2 rings (SSSR count). The molecule has 0 atom stereocenters. The number of nitrogens with one attached hydrogen (secondary N) is 1. The van der Waals surface area contributed by atoms with Crippen molar-refractivity contribution in [3.05, 3.63) is 41.4 Å². The Morgan fingerprint density at radius 2 is 2.21 bits per heavy atom. The third-order valence-corrected chi connectivity index (χ3v) is 4.65. The topological polar surface area (TPSA) is 83.4 Å². The highest BCUT2D eigenvalue weighted by Gasteiger charge is 2.22. The van der Waals surface area contributed by atoms with Gasteiger partial charge in [-0.25, -0.2) is 13.2 Å². The Morgan fingerprint density at radius 1 is 1.47 bits per heavy atom. The third kappa shape index (κ3) is 2.47. The Balaban J connectivity index is 2.53. The van der Waals surface area contributed by atoms with Crippen molar-refractivity contribution in [1.82, 2.24) is 9.29 Å². The molecule has 0 fully saturated rings. The van der Waals surface area contributed by atoms with Crippen molar-refractivity contribution < 1.29 is 12.8 Å². The molecule has 1 N–H and O–H groups in total. The molecule has 0 bridgehead atoms. The molecule has 2 aromatic rings. The Labute approximate surface area is 110 Å². The minimum absolute atomic E-state index is 0.0893. The number of nitrogens with zero attached hydrogens (tertiary/aromatic N) is 1. The normalized spacial score (nSPS) is 12.1. The summed E-state index contributed by atoms with van der Waals surface area (Å²) >= 11 is 0. The molecule has 0 unspecified atom stereocenters. The maximum absolute atomic E-state index is 12.4. The Hall–Kier alpha value is -1.86. The number of likely N-dealkylation sites (N-methyl/N-ethyl adjacent to an activating group) is 1. The van der Waals surface area contributed by atoms with Crippen molar-refractivity contribution in [2.75, 3.05) is 13.1 Å². The maximum atomic E-state index is 12.4. The van der Waals surface area contributed by atoms with E-state index in [2.05, 4.69) is 11.6 Å². The minimum Gasteiger partial charge on any atom is -0.408 e. The standard InChI is InChI=1S/C12H14N2O4S/c1-3-7-14(4-2)19(16,17)9-5-6-10-11(8-9)18-12(15)13-10/h3,5-6,8H,1,4,7H2,2H3,(H,13,15). The number of oxazole rings is 1. The fourth-order valence-corrected chi connectivity index (χ4v) is 3.21. The highest BCUT2D eigenvalue weighted by Crippen LogP contribution is 2.20. The summed E-state index contributed by atoms with van der Waals surface area (Å²) in [6, 6.07) is 4.29. The predicted octanol–water partition coefficient (Wildman–Crippen LogP) is 1.32. The van der Waals surface area contributed by atoms with E-state index in [1.165, 1.54) is 28.6 Å². The maximum Gasteiger partial charge on any atom is 0.417 e. The predicted molar refractivity (Wildman–Crippen MR) is 71.5 cm³/mol. The lowest BCUT2D eigenvalue weighted by Gasteiger charge is -2.18. The van der Waals surface area contributed by atoms with Gasteiger partial charge in [0.25, 0.3) is 0 Å². The number of sulfonamides is 1. The SMILES string of the molecule is C=CCN(CC)S(=O)(=O)c1ccc2[nH]c(=O)oc2c1.